The van der Waals surface area contributed by atoms with Gasteiger partial charge in [-0.05, 0) is 29.4 Å². The normalized spacial score (nSPS) is 11.3. The van der Waals surface area contributed by atoms with Crippen LogP contribution in [0.3, 0.4) is 0 Å². The summed E-state index contributed by atoms with van der Waals surface area (Å²) < 4.78 is 31.2. The van der Waals surface area contributed by atoms with Gasteiger partial charge in [-0.2, -0.15) is 12.6 Å². The van der Waals surface area contributed by atoms with Gasteiger partial charge in [-0.1, -0.05) is 206 Å². The topological polar surface area (TPSA) is 57.2 Å². The second kappa shape index (κ2) is 43.6. The third-order valence-electron chi connectivity index (χ3n) is 8.24. The fourth-order valence-electron chi connectivity index (χ4n) is 5.47. The van der Waals surface area contributed by atoms with Gasteiger partial charge in [0.25, 0.3) is 0 Å². The number of rotatable bonds is 34. The van der Waals surface area contributed by atoms with E-state index < -0.39 is 9.15 Å². The van der Waals surface area contributed by atoms with Gasteiger partial charge < -0.3 is 4.55 Å². The Balaban J connectivity index is -0.000000740. The van der Waals surface area contributed by atoms with E-state index in [4.69, 9.17) is 0 Å². The van der Waals surface area contributed by atoms with Crippen LogP contribution in [0.15, 0.2) is 0 Å². The minimum Gasteiger partial charge on any atom is -0.739 e. The summed E-state index contributed by atoms with van der Waals surface area (Å²) in [6, 6.07) is 0. The molecule has 0 bridgehead atoms. The van der Waals surface area contributed by atoms with Crippen molar-refractivity contribution in [3.05, 3.63) is 0 Å². The zero-order valence-corrected chi connectivity index (χ0v) is 34.1. The molecule has 0 spiro atoms. The predicted molar refractivity (Wildman–Crippen MR) is 195 cm³/mol. The fraction of sp³-hybridized carbons (Fsp3) is 1.00. The quantitative estimate of drug-likeness (QED) is 0.0243. The van der Waals surface area contributed by atoms with Crippen LogP contribution in [0.2, 0.25) is 0 Å². The number of thiol groups is 1. The summed E-state index contributed by atoms with van der Waals surface area (Å²) >= 11 is 4.24. The Morgan fingerprint density at radius 2 is 0.628 bits per heavy atom. The summed E-state index contributed by atoms with van der Waals surface area (Å²) in [5.74, 6) is 1.52. The van der Waals surface area contributed by atoms with Crippen LogP contribution in [0.1, 0.15) is 219 Å². The average molecular weight is 675 g/mol. The van der Waals surface area contributed by atoms with E-state index in [-0.39, 0.29) is 29.6 Å². The molecule has 0 aromatic carbocycles. The van der Waals surface area contributed by atoms with Crippen LogP contribution in [0.25, 0.3) is 0 Å². The van der Waals surface area contributed by atoms with E-state index in [1.807, 2.05) is 0 Å². The molecule has 0 saturated carbocycles. The van der Waals surface area contributed by atoms with Crippen LogP contribution in [0.4, 0.5) is 0 Å². The maximum Gasteiger partial charge on any atom is 1.00 e. The Bertz CT molecular complexity index is 560. The van der Waals surface area contributed by atoms with Crippen LogP contribution in [0, 0.1) is 0 Å². The molecule has 0 amide bonds. The van der Waals surface area contributed by atoms with E-state index in [1.165, 1.54) is 186 Å². The third kappa shape index (κ3) is 53.4. The molecule has 0 unspecified atom stereocenters. The molecule has 0 heterocycles. The Kier molecular flexibility index (Phi) is 49.7. The minimum atomic E-state index is -4.08. The van der Waals surface area contributed by atoms with Gasteiger partial charge in [0.2, 0.25) is 0 Å². The minimum absolute atomic E-state index is 0. The fourth-order valence-corrected chi connectivity index (χ4v) is 7.19. The van der Waals surface area contributed by atoms with Crippen molar-refractivity contribution in [1.82, 2.24) is 0 Å². The summed E-state index contributed by atoms with van der Waals surface area (Å²) in [5.41, 5.74) is 0. The number of hydrogen-bond acceptors (Lipinski definition) is 5. The van der Waals surface area contributed by atoms with Gasteiger partial charge in [-0.3, -0.25) is 0 Å². The summed E-state index contributed by atoms with van der Waals surface area (Å²) in [5, 5.41) is 0. The van der Waals surface area contributed by atoms with Crippen molar-refractivity contribution in [3.8, 4) is 0 Å². The second-order valence-electron chi connectivity index (χ2n) is 12.6. The molecule has 0 atom stereocenters. The molecule has 0 aromatic heterocycles. The first-order valence-corrected chi connectivity index (χ1v) is 22.2. The molecule has 0 aliphatic carbocycles. The maximum atomic E-state index is 10.4. The molecule has 43 heavy (non-hydrogen) atoms. The van der Waals surface area contributed by atoms with Gasteiger partial charge in [0, 0.05) is 5.75 Å². The molecule has 0 N–H and O–H groups in total. The van der Waals surface area contributed by atoms with Crippen LogP contribution in [-0.2, 0) is 9.15 Å². The van der Waals surface area contributed by atoms with E-state index in [2.05, 4.69) is 26.5 Å². The van der Waals surface area contributed by atoms with Crippen molar-refractivity contribution in [2.45, 2.75) is 219 Å². The Labute approximate surface area is 303 Å². The van der Waals surface area contributed by atoms with Gasteiger partial charge >= 0.3 is 29.6 Å². The van der Waals surface area contributed by atoms with Crippen molar-refractivity contribution in [1.29, 1.82) is 0 Å². The molecule has 0 saturated heterocycles. The Morgan fingerprint density at radius 1 is 0.419 bits per heavy atom. The van der Waals surface area contributed by atoms with E-state index in [1.54, 1.807) is 0 Å². The van der Waals surface area contributed by atoms with Crippen molar-refractivity contribution in [2.24, 2.45) is 0 Å². The largest absolute Gasteiger partial charge is 1.00 e. The summed E-state index contributed by atoms with van der Waals surface area (Å²) in [4.78, 5) is 0. The molecule has 0 radical (unpaired) electrons. The summed E-state index contributed by atoms with van der Waals surface area (Å²) in [7, 11) is -3.54. The van der Waals surface area contributed by atoms with Gasteiger partial charge in [-0.25, -0.2) is 8.42 Å². The zero-order valence-electron chi connectivity index (χ0n) is 29.5. The number of hydrogen-bond donors (Lipinski definition) is 1. The standard InChI is InChI=1S/C18H38O3S2.C18H38S.Na/c1-2-3-4-5-6-7-8-9-10-11-12-13-14-15-16-17-18-22-23(19,20)21;1-2-3-4-5-6-7-8-9-10-11-12-13-14-15-16-17-18-19;/h2-18H2,1H3,(H,19,20,21);19H,2-18H2,1H3;/q;;+1/p-1. The smallest absolute Gasteiger partial charge is 0.739 e. The van der Waals surface area contributed by atoms with E-state index >= 15 is 0 Å². The molecule has 256 valence electrons. The van der Waals surface area contributed by atoms with E-state index in [9.17, 15) is 13.0 Å². The second-order valence-corrected chi connectivity index (χ2v) is 16.4. The zero-order chi connectivity index (χ0) is 31.2. The summed E-state index contributed by atoms with van der Waals surface area (Å²) in [6.07, 6.45) is 44.0. The van der Waals surface area contributed by atoms with Gasteiger partial charge in [-0.15, -0.1) is 0 Å². The summed E-state index contributed by atoms with van der Waals surface area (Å²) in [6.45, 7) is 4.56. The molecule has 3 nitrogen and oxygen atoms in total. The first kappa shape index (κ1) is 49.0. The van der Waals surface area contributed by atoms with Crippen molar-refractivity contribution < 1.29 is 42.5 Å². The molecule has 7 heteroatoms. The number of unbranched alkanes of at least 4 members (excludes halogenated alkanes) is 30. The first-order valence-electron chi connectivity index (χ1n) is 18.7. The van der Waals surface area contributed by atoms with Gasteiger partial charge in [0.15, 0.2) is 0 Å². The van der Waals surface area contributed by atoms with Gasteiger partial charge in [0.1, 0.15) is 9.15 Å². The first-order chi connectivity index (χ1) is 20.5. The molecular weight excluding hydrogens is 600 g/mol. The molecule has 0 rings (SSSR count). The maximum absolute atomic E-state index is 10.4. The van der Waals surface area contributed by atoms with Crippen molar-refractivity contribution in [3.63, 3.8) is 0 Å². The average Bonchev–Trinajstić information content (AvgIpc) is 2.96. The van der Waals surface area contributed by atoms with Crippen molar-refractivity contribution >= 4 is 32.6 Å². The van der Waals surface area contributed by atoms with Crippen LogP contribution in [0.5, 0.6) is 0 Å². The van der Waals surface area contributed by atoms with Crippen LogP contribution >= 0.6 is 23.4 Å². The molecule has 0 aliphatic rings. The molecule has 0 fully saturated rings. The van der Waals surface area contributed by atoms with Crippen LogP contribution in [-0.4, -0.2) is 24.5 Å². The third-order valence-corrected chi connectivity index (χ3v) is 10.7. The molecule has 0 aromatic rings. The van der Waals surface area contributed by atoms with E-state index in [0.29, 0.717) is 16.5 Å². The van der Waals surface area contributed by atoms with E-state index in [0.717, 1.165) is 25.0 Å². The van der Waals surface area contributed by atoms with Crippen molar-refractivity contribution in [2.75, 3.05) is 11.5 Å². The predicted octanol–water partition coefficient (Wildman–Crippen LogP) is 10.6. The Morgan fingerprint density at radius 3 is 0.837 bits per heavy atom. The van der Waals surface area contributed by atoms with Crippen LogP contribution < -0.4 is 29.6 Å². The molecular formula is C36H75NaO3S3. The van der Waals surface area contributed by atoms with Gasteiger partial charge in [0.05, 0.1) is 0 Å². The molecule has 0 aliphatic heterocycles. The Hall–Kier alpha value is 1.61. The SMILES string of the molecule is CCCCCCCCCCCCCCCCCCS.CCCCCCCCCCCCCCCCCCSS(=O)(=O)[O-].[Na+]. The monoisotopic (exact) mass is 674 g/mol.